The summed E-state index contributed by atoms with van der Waals surface area (Å²) < 4.78 is 2.25. The number of rotatable bonds is 8. The number of nitrogens with one attached hydrogen (secondary N) is 1. The van der Waals surface area contributed by atoms with Gasteiger partial charge in [-0.2, -0.15) is 0 Å². The Labute approximate surface area is 151 Å². The van der Waals surface area contributed by atoms with E-state index in [9.17, 15) is 4.79 Å². The molecule has 1 aromatic heterocycles. The van der Waals surface area contributed by atoms with Crippen LogP contribution in [-0.2, 0) is 6.54 Å². The van der Waals surface area contributed by atoms with Crippen molar-refractivity contribution >= 4 is 16.8 Å². The van der Waals surface area contributed by atoms with Gasteiger partial charge in [0.25, 0.3) is 5.91 Å². The van der Waals surface area contributed by atoms with Crippen LogP contribution in [0.5, 0.6) is 0 Å². The van der Waals surface area contributed by atoms with Crippen molar-refractivity contribution in [2.24, 2.45) is 11.8 Å². The number of benzene rings is 1. The average Bonchev–Trinajstić information content (AvgIpc) is 3.19. The second kappa shape index (κ2) is 8.55. The molecule has 0 aliphatic heterocycles. The van der Waals surface area contributed by atoms with Gasteiger partial charge in [-0.05, 0) is 37.2 Å². The highest BCUT2D eigenvalue weighted by atomic mass is 16.1. The van der Waals surface area contributed by atoms with E-state index in [1.165, 1.54) is 37.6 Å². The summed E-state index contributed by atoms with van der Waals surface area (Å²) in [6, 6.07) is 8.27. The molecule has 1 fully saturated rings. The van der Waals surface area contributed by atoms with Gasteiger partial charge in [0.1, 0.15) is 0 Å². The molecule has 0 spiro atoms. The lowest BCUT2D eigenvalue weighted by atomic mass is 10.0. The van der Waals surface area contributed by atoms with Crippen molar-refractivity contribution in [1.29, 1.82) is 0 Å². The molecule has 3 rings (SSSR count). The summed E-state index contributed by atoms with van der Waals surface area (Å²) in [6.45, 7) is 6.34. The molecule has 25 heavy (non-hydrogen) atoms. The Kier molecular flexibility index (Phi) is 6.17. The molecule has 0 saturated heterocycles. The van der Waals surface area contributed by atoms with Crippen molar-refractivity contribution in [3.05, 3.63) is 36.0 Å². The highest BCUT2D eigenvalue weighted by Crippen LogP contribution is 2.32. The normalized spacial score (nSPS) is 20.2. The maximum Gasteiger partial charge on any atom is 0.253 e. The summed E-state index contributed by atoms with van der Waals surface area (Å²) in [5, 5.41) is 4.24. The maximum atomic E-state index is 12.7. The number of nitrogens with zero attached hydrogens (tertiary/aromatic N) is 1. The van der Waals surface area contributed by atoms with Gasteiger partial charge < -0.3 is 9.88 Å². The van der Waals surface area contributed by atoms with Crippen LogP contribution in [0.1, 0.15) is 69.2 Å². The Morgan fingerprint density at radius 1 is 1.24 bits per heavy atom. The first-order chi connectivity index (χ1) is 12.2. The molecule has 136 valence electrons. The number of carbonyl (C=O) groups excluding carboxylic acids is 1. The van der Waals surface area contributed by atoms with Crippen LogP contribution < -0.4 is 5.32 Å². The summed E-state index contributed by atoms with van der Waals surface area (Å²) in [4.78, 5) is 12.7. The molecular weight excluding hydrogens is 308 g/mol. The summed E-state index contributed by atoms with van der Waals surface area (Å²) in [6.07, 6.45) is 10.8. The van der Waals surface area contributed by atoms with Crippen molar-refractivity contribution < 1.29 is 4.79 Å². The van der Waals surface area contributed by atoms with Gasteiger partial charge >= 0.3 is 0 Å². The zero-order valence-electron chi connectivity index (χ0n) is 15.8. The van der Waals surface area contributed by atoms with Gasteiger partial charge in [0.2, 0.25) is 0 Å². The number of aryl methyl sites for hydroxylation is 1. The van der Waals surface area contributed by atoms with Crippen LogP contribution in [-0.4, -0.2) is 17.0 Å². The second-order valence-corrected chi connectivity index (χ2v) is 7.79. The standard InChI is InChI=1S/C22H32N2O/c1-3-4-7-14-24-16-20(19-8-5-6-9-21(19)24)22(25)23-13-12-18-11-10-17(2)15-18/h5-6,8-9,16-18H,3-4,7,10-15H2,1-2H3,(H,23,25). The smallest absolute Gasteiger partial charge is 0.253 e. The number of unbranched alkanes of at least 4 members (excludes halogenated alkanes) is 2. The third kappa shape index (κ3) is 4.45. The lowest BCUT2D eigenvalue weighted by Gasteiger charge is -2.10. The zero-order valence-corrected chi connectivity index (χ0v) is 15.8. The third-order valence-corrected chi connectivity index (χ3v) is 5.68. The minimum atomic E-state index is 0.0801. The van der Waals surface area contributed by atoms with Gasteiger partial charge in [0.05, 0.1) is 5.56 Å². The molecule has 3 heteroatoms. The molecule has 1 N–H and O–H groups in total. The SMILES string of the molecule is CCCCCn1cc(C(=O)NCCC2CCC(C)C2)c2ccccc21. The maximum absolute atomic E-state index is 12.7. The van der Waals surface area contributed by atoms with Crippen molar-refractivity contribution in [2.75, 3.05) is 6.54 Å². The fourth-order valence-corrected chi connectivity index (χ4v) is 4.22. The number of amides is 1. The molecule has 1 amide bonds. The molecule has 1 heterocycles. The van der Waals surface area contributed by atoms with Crippen molar-refractivity contribution in [3.8, 4) is 0 Å². The van der Waals surface area contributed by atoms with E-state index in [1.807, 2.05) is 12.3 Å². The molecule has 1 aliphatic carbocycles. The third-order valence-electron chi connectivity index (χ3n) is 5.68. The molecule has 2 aromatic rings. The van der Waals surface area contributed by atoms with Gasteiger partial charge in [0.15, 0.2) is 0 Å². The minimum absolute atomic E-state index is 0.0801. The van der Waals surface area contributed by atoms with E-state index in [0.29, 0.717) is 0 Å². The van der Waals surface area contributed by atoms with Crippen LogP contribution in [0.15, 0.2) is 30.5 Å². The van der Waals surface area contributed by atoms with Gasteiger partial charge in [-0.15, -0.1) is 0 Å². The quantitative estimate of drug-likeness (QED) is 0.642. The molecular formula is C22H32N2O. The molecule has 1 aromatic carbocycles. The van der Waals surface area contributed by atoms with Crippen LogP contribution in [0.3, 0.4) is 0 Å². The topological polar surface area (TPSA) is 34.0 Å². The van der Waals surface area contributed by atoms with E-state index in [2.05, 4.69) is 41.9 Å². The summed E-state index contributed by atoms with van der Waals surface area (Å²) in [7, 11) is 0. The van der Waals surface area contributed by atoms with Crippen LogP contribution in [0.25, 0.3) is 10.9 Å². The molecule has 1 aliphatic rings. The van der Waals surface area contributed by atoms with E-state index >= 15 is 0 Å². The first-order valence-electron chi connectivity index (χ1n) is 10.0. The fourth-order valence-electron chi connectivity index (χ4n) is 4.22. The molecule has 2 unspecified atom stereocenters. The van der Waals surface area contributed by atoms with E-state index in [-0.39, 0.29) is 5.91 Å². The van der Waals surface area contributed by atoms with Crippen LogP contribution in [0.4, 0.5) is 0 Å². The fraction of sp³-hybridized carbons (Fsp3) is 0.591. The molecule has 0 radical (unpaired) electrons. The number of hydrogen-bond acceptors (Lipinski definition) is 1. The van der Waals surface area contributed by atoms with Crippen LogP contribution in [0.2, 0.25) is 0 Å². The van der Waals surface area contributed by atoms with E-state index in [0.717, 1.165) is 48.7 Å². The number of hydrogen-bond donors (Lipinski definition) is 1. The largest absolute Gasteiger partial charge is 0.352 e. The minimum Gasteiger partial charge on any atom is -0.352 e. The molecule has 3 nitrogen and oxygen atoms in total. The number of carbonyl (C=O) groups is 1. The predicted molar refractivity (Wildman–Crippen MR) is 105 cm³/mol. The van der Waals surface area contributed by atoms with Crippen molar-refractivity contribution in [3.63, 3.8) is 0 Å². The lowest BCUT2D eigenvalue weighted by Crippen LogP contribution is -2.25. The molecule has 0 bridgehead atoms. The monoisotopic (exact) mass is 340 g/mol. The number of para-hydroxylation sites is 1. The lowest BCUT2D eigenvalue weighted by molar-refractivity contribution is 0.0953. The van der Waals surface area contributed by atoms with Gasteiger partial charge in [-0.1, -0.05) is 57.7 Å². The Bertz CT molecular complexity index is 703. The van der Waals surface area contributed by atoms with Crippen LogP contribution >= 0.6 is 0 Å². The summed E-state index contributed by atoms with van der Waals surface area (Å²) in [5.74, 6) is 1.74. The van der Waals surface area contributed by atoms with E-state index in [4.69, 9.17) is 0 Å². The highest BCUT2D eigenvalue weighted by Gasteiger charge is 2.21. The Hall–Kier alpha value is -1.77. The summed E-state index contributed by atoms with van der Waals surface area (Å²) >= 11 is 0. The molecule has 1 saturated carbocycles. The van der Waals surface area contributed by atoms with Gasteiger partial charge in [-0.3, -0.25) is 4.79 Å². The average molecular weight is 341 g/mol. The Morgan fingerprint density at radius 2 is 2.08 bits per heavy atom. The first-order valence-corrected chi connectivity index (χ1v) is 10.0. The Morgan fingerprint density at radius 3 is 2.84 bits per heavy atom. The van der Waals surface area contributed by atoms with Gasteiger partial charge in [0, 0.05) is 30.2 Å². The number of aromatic nitrogens is 1. The first kappa shape index (κ1) is 18.0. The summed E-state index contributed by atoms with van der Waals surface area (Å²) in [5.41, 5.74) is 2.00. The molecule has 2 atom stereocenters. The highest BCUT2D eigenvalue weighted by molar-refractivity contribution is 6.06. The van der Waals surface area contributed by atoms with E-state index in [1.54, 1.807) is 0 Å². The second-order valence-electron chi connectivity index (χ2n) is 7.79. The number of fused-ring (bicyclic) bond motifs is 1. The predicted octanol–water partition coefficient (Wildman–Crippen LogP) is 5.39. The van der Waals surface area contributed by atoms with Crippen LogP contribution in [0, 0.1) is 11.8 Å². The van der Waals surface area contributed by atoms with Crippen molar-refractivity contribution in [2.45, 2.75) is 65.3 Å². The zero-order chi connectivity index (χ0) is 17.6. The van der Waals surface area contributed by atoms with Gasteiger partial charge in [-0.25, -0.2) is 0 Å². The Balaban J connectivity index is 1.64. The van der Waals surface area contributed by atoms with Crippen molar-refractivity contribution in [1.82, 2.24) is 9.88 Å². The van der Waals surface area contributed by atoms with E-state index < -0.39 is 0 Å².